The molecule has 2 rings (SSSR count). The van der Waals surface area contributed by atoms with Crippen molar-refractivity contribution in [3.05, 3.63) is 12.7 Å². The number of rotatable bonds is 5. The zero-order valence-corrected chi connectivity index (χ0v) is 11.3. The van der Waals surface area contributed by atoms with Gasteiger partial charge in [0.25, 0.3) is 0 Å². The van der Waals surface area contributed by atoms with E-state index in [1.165, 1.54) is 6.33 Å². The summed E-state index contributed by atoms with van der Waals surface area (Å²) in [4.78, 5) is 25.8. The average Bonchev–Trinajstić information content (AvgIpc) is 2.71. The van der Waals surface area contributed by atoms with Crippen molar-refractivity contribution in [2.24, 2.45) is 0 Å². The van der Waals surface area contributed by atoms with Crippen LogP contribution in [-0.4, -0.2) is 37.2 Å². The van der Waals surface area contributed by atoms with Gasteiger partial charge in [0.05, 0.1) is 12.9 Å². The molecular formula is C9H14N5O4P. The van der Waals surface area contributed by atoms with E-state index >= 15 is 0 Å². The molecule has 0 saturated carbocycles. The second kappa shape index (κ2) is 5.22. The van der Waals surface area contributed by atoms with Crippen LogP contribution in [0.15, 0.2) is 12.7 Å². The minimum atomic E-state index is -3.66. The summed E-state index contributed by atoms with van der Waals surface area (Å²) in [5.74, 6) is 0.294. The summed E-state index contributed by atoms with van der Waals surface area (Å²) in [7, 11) is -3.66. The second-order valence-electron chi connectivity index (χ2n) is 4.11. The minimum Gasteiger partial charge on any atom is -0.382 e. The fourth-order valence-corrected chi connectivity index (χ4v) is 1.80. The van der Waals surface area contributed by atoms with Crippen LogP contribution in [0, 0.1) is 0 Å². The van der Waals surface area contributed by atoms with Crippen LogP contribution in [0.5, 0.6) is 0 Å². The Balaban J connectivity index is 2.09. The Bertz CT molecular complexity index is 624. The van der Waals surface area contributed by atoms with Crippen molar-refractivity contribution in [1.82, 2.24) is 19.5 Å². The number of imidazole rings is 1. The van der Waals surface area contributed by atoms with Crippen molar-refractivity contribution >= 4 is 24.6 Å². The lowest BCUT2D eigenvalue weighted by molar-refractivity contribution is -0.247. The molecule has 0 aliphatic carbocycles. The molecule has 0 amide bonds. The monoisotopic (exact) mass is 287 g/mol. The summed E-state index contributed by atoms with van der Waals surface area (Å²) < 4.78 is 17.0. The SMILES string of the molecule is CC(Cn1cnc2c(N)ncnc21)OOP(C)(=O)O. The van der Waals surface area contributed by atoms with Crippen LogP contribution in [0.2, 0.25) is 0 Å². The summed E-state index contributed by atoms with van der Waals surface area (Å²) in [6.07, 6.45) is 2.42. The predicted octanol–water partition coefficient (Wildman–Crippen LogP) is 0.560. The maximum Gasteiger partial charge on any atom is 0.352 e. The first-order valence-electron chi connectivity index (χ1n) is 5.43. The Morgan fingerprint density at radius 1 is 1.53 bits per heavy atom. The Labute approximate surface area is 108 Å². The normalized spacial score (nSPS) is 16.4. The molecule has 2 atom stereocenters. The third-order valence-electron chi connectivity index (χ3n) is 2.23. The molecule has 10 heteroatoms. The molecule has 19 heavy (non-hydrogen) atoms. The maximum atomic E-state index is 10.9. The molecule has 0 spiro atoms. The molecule has 2 unspecified atom stereocenters. The predicted molar refractivity (Wildman–Crippen MR) is 67.1 cm³/mol. The highest BCUT2D eigenvalue weighted by Gasteiger charge is 2.16. The highest BCUT2D eigenvalue weighted by Crippen LogP contribution is 2.37. The molecule has 2 aromatic heterocycles. The molecule has 104 valence electrons. The van der Waals surface area contributed by atoms with Crippen LogP contribution in [-0.2, 0) is 20.7 Å². The lowest BCUT2D eigenvalue weighted by Crippen LogP contribution is -2.16. The fourth-order valence-electron chi connectivity index (χ4n) is 1.49. The van der Waals surface area contributed by atoms with Crippen molar-refractivity contribution in [3.8, 4) is 0 Å². The van der Waals surface area contributed by atoms with E-state index in [2.05, 4.69) is 19.6 Å². The molecule has 0 aliphatic rings. The van der Waals surface area contributed by atoms with Crippen LogP contribution in [0.25, 0.3) is 11.2 Å². The van der Waals surface area contributed by atoms with Gasteiger partial charge in [-0.05, 0) is 6.92 Å². The van der Waals surface area contributed by atoms with Crippen molar-refractivity contribution < 1.29 is 19.0 Å². The Kier molecular flexibility index (Phi) is 3.81. The number of aromatic nitrogens is 4. The largest absolute Gasteiger partial charge is 0.382 e. The van der Waals surface area contributed by atoms with Crippen molar-refractivity contribution in [3.63, 3.8) is 0 Å². The standard InChI is InChI=1S/C9H14N5O4P/c1-6(17-18-19(2,15)16)3-14-5-13-7-8(10)11-4-12-9(7)14/h4-6H,3H2,1-2H3,(H,15,16)(H2,10,11,12). The first kappa shape index (κ1) is 13.9. The average molecular weight is 287 g/mol. The van der Waals surface area contributed by atoms with E-state index < -0.39 is 13.7 Å². The third kappa shape index (κ3) is 3.48. The summed E-state index contributed by atoms with van der Waals surface area (Å²) in [5, 5.41) is 0. The van der Waals surface area contributed by atoms with Gasteiger partial charge in [-0.2, -0.15) is 0 Å². The summed E-state index contributed by atoms with van der Waals surface area (Å²) in [6.45, 7) is 3.07. The molecule has 0 aromatic carbocycles. The molecule has 3 N–H and O–H groups in total. The molecule has 0 fully saturated rings. The highest BCUT2D eigenvalue weighted by molar-refractivity contribution is 7.51. The summed E-state index contributed by atoms with van der Waals surface area (Å²) >= 11 is 0. The summed E-state index contributed by atoms with van der Waals surface area (Å²) in [5.41, 5.74) is 6.72. The van der Waals surface area contributed by atoms with E-state index in [-0.39, 0.29) is 0 Å². The lowest BCUT2D eigenvalue weighted by Gasteiger charge is -2.13. The minimum absolute atomic E-state index is 0.294. The smallest absolute Gasteiger partial charge is 0.352 e. The van der Waals surface area contributed by atoms with Gasteiger partial charge in [-0.1, -0.05) is 0 Å². The molecule has 0 saturated heterocycles. The molecule has 9 nitrogen and oxygen atoms in total. The van der Waals surface area contributed by atoms with Gasteiger partial charge in [0.1, 0.15) is 17.9 Å². The van der Waals surface area contributed by atoms with Gasteiger partial charge in [-0.25, -0.2) is 19.8 Å². The van der Waals surface area contributed by atoms with E-state index in [1.807, 2.05) is 0 Å². The van der Waals surface area contributed by atoms with Gasteiger partial charge < -0.3 is 15.2 Å². The van der Waals surface area contributed by atoms with Gasteiger partial charge in [-0.3, -0.25) is 4.57 Å². The molecule has 2 heterocycles. The van der Waals surface area contributed by atoms with E-state index in [0.717, 1.165) is 6.66 Å². The first-order chi connectivity index (χ1) is 8.87. The van der Waals surface area contributed by atoms with E-state index in [4.69, 9.17) is 15.5 Å². The van der Waals surface area contributed by atoms with Gasteiger partial charge in [-0.15, -0.1) is 4.67 Å². The van der Waals surface area contributed by atoms with Gasteiger partial charge in [0, 0.05) is 6.66 Å². The van der Waals surface area contributed by atoms with E-state index in [9.17, 15) is 4.57 Å². The zero-order chi connectivity index (χ0) is 14.0. The van der Waals surface area contributed by atoms with Crippen molar-refractivity contribution in [2.45, 2.75) is 19.6 Å². The molecule has 2 aromatic rings. The van der Waals surface area contributed by atoms with Gasteiger partial charge in [0.15, 0.2) is 11.5 Å². The van der Waals surface area contributed by atoms with Crippen molar-refractivity contribution in [2.75, 3.05) is 12.4 Å². The first-order valence-corrected chi connectivity index (χ1v) is 7.46. The maximum absolute atomic E-state index is 10.9. The Morgan fingerprint density at radius 3 is 2.95 bits per heavy atom. The molecule has 0 bridgehead atoms. The number of fused-ring (bicyclic) bond motifs is 1. The number of hydrogen-bond donors (Lipinski definition) is 2. The third-order valence-corrected chi connectivity index (χ3v) is 2.59. The second-order valence-corrected chi connectivity index (χ2v) is 5.87. The number of anilines is 1. The van der Waals surface area contributed by atoms with Crippen LogP contribution >= 0.6 is 7.60 Å². The van der Waals surface area contributed by atoms with Crippen LogP contribution < -0.4 is 5.73 Å². The molecule has 0 aliphatic heterocycles. The van der Waals surface area contributed by atoms with Gasteiger partial charge in [0.2, 0.25) is 0 Å². The lowest BCUT2D eigenvalue weighted by atomic mass is 10.4. The fraction of sp³-hybridized carbons (Fsp3) is 0.444. The topological polar surface area (TPSA) is 125 Å². The molecule has 0 radical (unpaired) electrons. The Hall–Kier alpha value is -1.54. The number of nitrogens with zero attached hydrogens (tertiary/aromatic N) is 4. The van der Waals surface area contributed by atoms with E-state index in [0.29, 0.717) is 23.5 Å². The quantitative estimate of drug-likeness (QED) is 0.464. The van der Waals surface area contributed by atoms with Crippen LogP contribution in [0.4, 0.5) is 5.82 Å². The van der Waals surface area contributed by atoms with Crippen LogP contribution in [0.1, 0.15) is 6.92 Å². The number of nitrogen functional groups attached to an aromatic ring is 1. The number of nitrogens with two attached hydrogens (primary N) is 1. The van der Waals surface area contributed by atoms with Gasteiger partial charge >= 0.3 is 7.60 Å². The van der Waals surface area contributed by atoms with E-state index in [1.54, 1.807) is 17.8 Å². The van der Waals surface area contributed by atoms with Crippen LogP contribution in [0.3, 0.4) is 0 Å². The zero-order valence-electron chi connectivity index (χ0n) is 10.4. The summed E-state index contributed by atoms with van der Waals surface area (Å²) in [6, 6.07) is 0. The highest BCUT2D eigenvalue weighted by atomic mass is 31.2. The Morgan fingerprint density at radius 2 is 2.26 bits per heavy atom. The van der Waals surface area contributed by atoms with Crippen molar-refractivity contribution in [1.29, 1.82) is 0 Å². The molecular weight excluding hydrogens is 273 g/mol. The number of hydrogen-bond acceptors (Lipinski definition) is 7.